The normalized spacial score (nSPS) is 23.8. The summed E-state index contributed by atoms with van der Waals surface area (Å²) in [6.07, 6.45) is 0.805. The Balaban J connectivity index is 2.19. The number of nitrogens with zero attached hydrogens (tertiary/aromatic N) is 1. The van der Waals surface area contributed by atoms with Crippen molar-refractivity contribution in [2.75, 3.05) is 13.1 Å². The summed E-state index contributed by atoms with van der Waals surface area (Å²) in [5.74, 6) is -2.13. The maximum atomic E-state index is 13.9. The number of halogens is 3. The molecule has 1 saturated heterocycles. The number of primary amides is 1. The van der Waals surface area contributed by atoms with Crippen LogP contribution in [0.1, 0.15) is 18.4 Å². The molecule has 1 aromatic rings. The van der Waals surface area contributed by atoms with E-state index in [-0.39, 0.29) is 29.5 Å². The van der Waals surface area contributed by atoms with Crippen LogP contribution in [0.4, 0.5) is 8.78 Å². The van der Waals surface area contributed by atoms with Crippen LogP contribution in [-0.2, 0) is 11.3 Å². The Bertz CT molecular complexity index is 541. The van der Waals surface area contributed by atoms with Crippen LogP contribution in [0.5, 0.6) is 0 Å². The van der Waals surface area contributed by atoms with Gasteiger partial charge in [0.1, 0.15) is 11.6 Å². The predicted molar refractivity (Wildman–Crippen MR) is 72.7 cm³/mol. The van der Waals surface area contributed by atoms with Gasteiger partial charge in [0.05, 0.1) is 4.47 Å². The smallest absolute Gasteiger partial charge is 0.250 e. The summed E-state index contributed by atoms with van der Waals surface area (Å²) in [6, 6.07) is 2.47. The molecule has 7 heteroatoms. The summed E-state index contributed by atoms with van der Waals surface area (Å²) < 4.78 is 27.8. The van der Waals surface area contributed by atoms with E-state index < -0.39 is 23.1 Å². The Kier molecular flexibility index (Phi) is 4.41. The van der Waals surface area contributed by atoms with Crippen molar-refractivity contribution >= 4 is 21.8 Å². The number of hydrogen-bond acceptors (Lipinski definition) is 3. The van der Waals surface area contributed by atoms with E-state index in [1.54, 1.807) is 4.90 Å². The Labute approximate surface area is 123 Å². The van der Waals surface area contributed by atoms with E-state index in [1.807, 2.05) is 0 Å². The number of hydrogen-bond donors (Lipinski definition) is 2. The van der Waals surface area contributed by atoms with E-state index in [4.69, 9.17) is 5.73 Å². The summed E-state index contributed by atoms with van der Waals surface area (Å²) in [6.45, 7) is 0.501. The molecule has 1 heterocycles. The highest BCUT2D eigenvalue weighted by molar-refractivity contribution is 9.10. The van der Waals surface area contributed by atoms with Crippen LogP contribution in [-0.4, -0.2) is 34.6 Å². The summed E-state index contributed by atoms with van der Waals surface area (Å²) in [5, 5.41) is 10.1. The molecule has 3 N–H and O–H groups in total. The molecule has 1 unspecified atom stereocenters. The monoisotopic (exact) mass is 348 g/mol. The molecule has 0 bridgehead atoms. The first-order valence-corrected chi connectivity index (χ1v) is 7.00. The molecule has 1 fully saturated rings. The fourth-order valence-electron chi connectivity index (χ4n) is 2.40. The minimum atomic E-state index is -1.63. The van der Waals surface area contributed by atoms with Crippen molar-refractivity contribution < 1.29 is 18.7 Å². The molecule has 0 spiro atoms. The van der Waals surface area contributed by atoms with Crippen molar-refractivity contribution in [1.29, 1.82) is 0 Å². The molecular weight excluding hydrogens is 334 g/mol. The van der Waals surface area contributed by atoms with E-state index in [2.05, 4.69) is 15.9 Å². The van der Waals surface area contributed by atoms with Crippen molar-refractivity contribution in [3.05, 3.63) is 33.8 Å². The second-order valence-corrected chi connectivity index (χ2v) is 5.89. The molecular formula is C13H15BrF2N2O2. The molecule has 0 aromatic heterocycles. The van der Waals surface area contributed by atoms with Gasteiger partial charge in [0.15, 0.2) is 5.60 Å². The summed E-state index contributed by atoms with van der Waals surface area (Å²) >= 11 is 3.01. The fraction of sp³-hybridized carbons (Fsp3) is 0.462. The number of piperidine rings is 1. The average Bonchev–Trinajstić information content (AvgIpc) is 2.39. The molecule has 2 rings (SSSR count). The molecule has 110 valence electrons. The third kappa shape index (κ3) is 2.99. The highest BCUT2D eigenvalue weighted by Gasteiger charge is 2.38. The topological polar surface area (TPSA) is 66.6 Å². The maximum absolute atomic E-state index is 13.9. The Morgan fingerprint density at radius 2 is 2.20 bits per heavy atom. The number of aliphatic hydroxyl groups is 1. The number of amides is 1. The van der Waals surface area contributed by atoms with Crippen LogP contribution in [0.15, 0.2) is 16.6 Å². The zero-order chi connectivity index (χ0) is 14.9. The molecule has 1 aliphatic rings. The van der Waals surface area contributed by atoms with E-state index in [9.17, 15) is 18.7 Å². The second kappa shape index (κ2) is 5.75. The van der Waals surface area contributed by atoms with Gasteiger partial charge in [-0.1, -0.05) is 0 Å². The van der Waals surface area contributed by atoms with Gasteiger partial charge in [-0.15, -0.1) is 0 Å². The molecule has 0 aliphatic carbocycles. The first-order valence-electron chi connectivity index (χ1n) is 6.20. The van der Waals surface area contributed by atoms with Gasteiger partial charge in [-0.05, 0) is 47.4 Å². The van der Waals surface area contributed by atoms with Crippen molar-refractivity contribution in [1.82, 2.24) is 4.90 Å². The molecule has 20 heavy (non-hydrogen) atoms. The third-order valence-electron chi connectivity index (χ3n) is 3.53. The van der Waals surface area contributed by atoms with E-state index in [0.717, 1.165) is 0 Å². The number of carbonyl (C=O) groups excluding carboxylic acids is 1. The van der Waals surface area contributed by atoms with Crippen LogP contribution in [0, 0.1) is 11.6 Å². The molecule has 4 nitrogen and oxygen atoms in total. The van der Waals surface area contributed by atoms with Crippen LogP contribution < -0.4 is 5.73 Å². The fourth-order valence-corrected chi connectivity index (χ4v) is 2.77. The largest absolute Gasteiger partial charge is 0.379 e. The number of β-amino-alcohol motifs (C(OH)–C–C–N with tert-alkyl or cyclic N) is 1. The number of rotatable bonds is 3. The van der Waals surface area contributed by atoms with Gasteiger partial charge >= 0.3 is 0 Å². The van der Waals surface area contributed by atoms with Gasteiger partial charge in [-0.25, -0.2) is 8.78 Å². The van der Waals surface area contributed by atoms with Crippen molar-refractivity contribution in [3.63, 3.8) is 0 Å². The first-order chi connectivity index (χ1) is 9.33. The average molecular weight is 349 g/mol. The van der Waals surface area contributed by atoms with Crippen molar-refractivity contribution in [2.24, 2.45) is 5.73 Å². The zero-order valence-electron chi connectivity index (χ0n) is 10.7. The summed E-state index contributed by atoms with van der Waals surface area (Å²) in [4.78, 5) is 12.9. The number of benzene rings is 1. The number of nitrogens with two attached hydrogens (primary N) is 1. The number of likely N-dealkylation sites (tertiary alicyclic amines) is 1. The second-order valence-electron chi connectivity index (χ2n) is 5.03. The van der Waals surface area contributed by atoms with Gasteiger partial charge < -0.3 is 10.8 Å². The van der Waals surface area contributed by atoms with Crippen LogP contribution in [0.2, 0.25) is 0 Å². The lowest BCUT2D eigenvalue weighted by atomic mass is 9.92. The Morgan fingerprint density at radius 1 is 1.50 bits per heavy atom. The summed E-state index contributed by atoms with van der Waals surface area (Å²) in [7, 11) is 0. The van der Waals surface area contributed by atoms with E-state index in [0.29, 0.717) is 13.0 Å². The highest BCUT2D eigenvalue weighted by atomic mass is 79.9. The van der Waals surface area contributed by atoms with Crippen LogP contribution in [0.3, 0.4) is 0 Å². The van der Waals surface area contributed by atoms with Gasteiger partial charge in [0.25, 0.3) is 5.91 Å². The minimum absolute atomic E-state index is 0.0201. The van der Waals surface area contributed by atoms with Gasteiger partial charge in [-0.2, -0.15) is 0 Å². The lowest BCUT2D eigenvalue weighted by Crippen LogP contribution is -2.55. The molecule has 1 aliphatic heterocycles. The SMILES string of the molecule is NC(=O)C1(O)CCCN(Cc2c(F)ccc(Br)c2F)C1. The molecule has 1 atom stereocenters. The molecule has 0 radical (unpaired) electrons. The minimum Gasteiger partial charge on any atom is -0.379 e. The van der Waals surface area contributed by atoms with Crippen molar-refractivity contribution in [3.8, 4) is 0 Å². The number of carbonyl (C=O) groups is 1. The third-order valence-corrected chi connectivity index (χ3v) is 4.14. The molecule has 1 aromatic carbocycles. The highest BCUT2D eigenvalue weighted by Crippen LogP contribution is 2.26. The lowest BCUT2D eigenvalue weighted by molar-refractivity contribution is -0.142. The van der Waals surface area contributed by atoms with Crippen LogP contribution >= 0.6 is 15.9 Å². The maximum Gasteiger partial charge on any atom is 0.250 e. The van der Waals surface area contributed by atoms with Crippen molar-refractivity contribution in [2.45, 2.75) is 25.0 Å². The Morgan fingerprint density at radius 3 is 2.85 bits per heavy atom. The first kappa shape index (κ1) is 15.3. The van der Waals surface area contributed by atoms with E-state index in [1.165, 1.54) is 12.1 Å². The van der Waals surface area contributed by atoms with E-state index >= 15 is 0 Å². The quantitative estimate of drug-likeness (QED) is 0.814. The standard InChI is InChI=1S/C13H15BrF2N2O2/c14-9-2-3-10(15)8(11(9)16)6-18-5-1-4-13(20,7-18)12(17)19/h2-3,20H,1,4-7H2,(H2,17,19). The van der Waals surface area contributed by atoms with Gasteiger partial charge in [-0.3, -0.25) is 9.69 Å². The van der Waals surface area contributed by atoms with Gasteiger partial charge in [0, 0.05) is 18.7 Å². The Hall–Kier alpha value is -1.05. The lowest BCUT2D eigenvalue weighted by Gasteiger charge is -2.37. The molecule has 0 saturated carbocycles. The van der Waals surface area contributed by atoms with Crippen LogP contribution in [0.25, 0.3) is 0 Å². The zero-order valence-corrected chi connectivity index (χ0v) is 12.3. The summed E-state index contributed by atoms with van der Waals surface area (Å²) in [5.41, 5.74) is 3.45. The predicted octanol–water partition coefficient (Wildman–Crippen LogP) is 1.54. The molecule has 1 amide bonds. The van der Waals surface area contributed by atoms with Gasteiger partial charge in [0.2, 0.25) is 0 Å².